The lowest BCUT2D eigenvalue weighted by molar-refractivity contribution is -0.166. The lowest BCUT2D eigenvalue weighted by Gasteiger charge is -2.20. The van der Waals surface area contributed by atoms with Crippen LogP contribution >= 0.6 is 0 Å². The topological polar surface area (TPSA) is 32.3 Å². The monoisotopic (exact) mass is 249 g/mol. The molecule has 0 saturated heterocycles. The summed E-state index contributed by atoms with van der Waals surface area (Å²) in [7, 11) is 0. The fraction of sp³-hybridized carbons (Fsp3) is 0.455. The Hall–Kier alpha value is -1.30. The van der Waals surface area contributed by atoms with Crippen molar-refractivity contribution < 1.29 is 22.7 Å². The smallest absolute Gasteiger partial charge is 0.406 e. The molecule has 1 aliphatic carbocycles. The van der Waals surface area contributed by atoms with E-state index in [1.165, 1.54) is 6.07 Å². The number of phenols is 1. The van der Waals surface area contributed by atoms with Crippen LogP contribution in [0.5, 0.6) is 5.75 Å². The highest BCUT2D eigenvalue weighted by molar-refractivity contribution is 5.28. The molecular weight excluding hydrogens is 238 g/mol. The number of benzene rings is 1. The number of rotatable bonds is 3. The molecule has 1 fully saturated rings. The first kappa shape index (κ1) is 12.2. The van der Waals surface area contributed by atoms with Gasteiger partial charge < -0.3 is 5.11 Å². The van der Waals surface area contributed by atoms with Crippen molar-refractivity contribution in [2.45, 2.75) is 31.1 Å². The van der Waals surface area contributed by atoms with Crippen LogP contribution in [0.1, 0.15) is 18.4 Å². The summed E-state index contributed by atoms with van der Waals surface area (Å²) in [5.74, 6) is -0.961. The van der Waals surface area contributed by atoms with Crippen LogP contribution in [-0.4, -0.2) is 16.8 Å². The second-order valence-electron chi connectivity index (χ2n) is 4.25. The highest BCUT2D eigenvalue weighted by atomic mass is 19.4. The predicted molar refractivity (Wildman–Crippen MR) is 52.9 cm³/mol. The molecule has 0 aliphatic heterocycles. The number of nitrogens with one attached hydrogen (secondary N) is 1. The van der Waals surface area contributed by atoms with Gasteiger partial charge in [0, 0.05) is 12.6 Å². The second kappa shape index (κ2) is 3.87. The zero-order valence-corrected chi connectivity index (χ0v) is 8.81. The molecule has 1 aliphatic rings. The minimum Gasteiger partial charge on any atom is -0.508 e. The van der Waals surface area contributed by atoms with Crippen LogP contribution in [0.4, 0.5) is 17.6 Å². The maximum atomic E-state index is 12.9. The predicted octanol–water partition coefficient (Wildman–Crippen LogP) is 2.72. The molecule has 0 heterocycles. The molecule has 0 bridgehead atoms. The van der Waals surface area contributed by atoms with Gasteiger partial charge in [0.15, 0.2) is 0 Å². The zero-order valence-electron chi connectivity index (χ0n) is 8.81. The molecule has 1 aromatic carbocycles. The maximum absolute atomic E-state index is 12.9. The number of halogens is 4. The third-order valence-corrected chi connectivity index (χ3v) is 2.87. The SMILES string of the molecule is Oc1cc(F)cc(CNC2(C(F)(F)F)CC2)c1. The summed E-state index contributed by atoms with van der Waals surface area (Å²) in [4.78, 5) is 0. The van der Waals surface area contributed by atoms with Crippen molar-refractivity contribution in [1.29, 1.82) is 0 Å². The lowest BCUT2D eigenvalue weighted by Crippen LogP contribution is -2.44. The van der Waals surface area contributed by atoms with E-state index in [-0.39, 0.29) is 30.7 Å². The third-order valence-electron chi connectivity index (χ3n) is 2.87. The summed E-state index contributed by atoms with van der Waals surface area (Å²) in [5, 5.41) is 11.5. The van der Waals surface area contributed by atoms with Gasteiger partial charge in [-0.2, -0.15) is 13.2 Å². The number of aromatic hydroxyl groups is 1. The molecule has 0 atom stereocenters. The Morgan fingerprint density at radius 3 is 2.35 bits per heavy atom. The summed E-state index contributed by atoms with van der Waals surface area (Å²) in [6.45, 7) is -0.120. The largest absolute Gasteiger partial charge is 0.508 e. The normalized spacial score (nSPS) is 18.1. The number of hydrogen-bond donors (Lipinski definition) is 2. The molecular formula is C11H11F4NO. The molecule has 1 saturated carbocycles. The molecule has 94 valence electrons. The average molecular weight is 249 g/mol. The summed E-state index contributed by atoms with van der Waals surface area (Å²) >= 11 is 0. The van der Waals surface area contributed by atoms with Gasteiger partial charge in [-0.05, 0) is 30.5 Å². The van der Waals surface area contributed by atoms with Gasteiger partial charge in [-0.15, -0.1) is 0 Å². The highest BCUT2D eigenvalue weighted by Crippen LogP contribution is 2.49. The summed E-state index contributed by atoms with van der Waals surface area (Å²) in [6.07, 6.45) is -4.21. The molecule has 2 nitrogen and oxygen atoms in total. The van der Waals surface area contributed by atoms with Crippen molar-refractivity contribution in [3.63, 3.8) is 0 Å². The number of hydrogen-bond acceptors (Lipinski definition) is 2. The van der Waals surface area contributed by atoms with Crippen LogP contribution < -0.4 is 5.32 Å². The van der Waals surface area contributed by atoms with E-state index in [1.54, 1.807) is 0 Å². The van der Waals surface area contributed by atoms with Crippen LogP contribution in [0.3, 0.4) is 0 Å². The zero-order chi connectivity index (χ0) is 12.7. The van der Waals surface area contributed by atoms with Crippen molar-refractivity contribution in [3.8, 4) is 5.75 Å². The van der Waals surface area contributed by atoms with E-state index in [1.807, 2.05) is 0 Å². The van der Waals surface area contributed by atoms with Gasteiger partial charge in [0.1, 0.15) is 17.1 Å². The molecule has 2 N–H and O–H groups in total. The standard InChI is InChI=1S/C11H11F4NO/c12-8-3-7(4-9(17)5-8)6-16-10(1-2-10)11(13,14)15/h3-5,16-17H,1-2,6H2. The van der Waals surface area contributed by atoms with Crippen molar-refractivity contribution >= 4 is 0 Å². The van der Waals surface area contributed by atoms with Crippen molar-refractivity contribution in [2.24, 2.45) is 0 Å². The molecule has 6 heteroatoms. The first-order valence-corrected chi connectivity index (χ1v) is 5.13. The average Bonchev–Trinajstić information content (AvgIpc) is 2.92. The Bertz CT molecular complexity index is 406. The quantitative estimate of drug-likeness (QED) is 0.807. The van der Waals surface area contributed by atoms with E-state index < -0.39 is 17.5 Å². The van der Waals surface area contributed by atoms with Crippen LogP contribution in [0.2, 0.25) is 0 Å². The Morgan fingerprint density at radius 1 is 1.24 bits per heavy atom. The van der Waals surface area contributed by atoms with E-state index in [0.29, 0.717) is 0 Å². The van der Waals surface area contributed by atoms with E-state index in [9.17, 15) is 17.6 Å². The minimum atomic E-state index is -4.29. The van der Waals surface area contributed by atoms with Crippen LogP contribution in [0, 0.1) is 5.82 Å². The summed E-state index contributed by atoms with van der Waals surface area (Å²) in [5.41, 5.74) is -1.53. The Kier molecular flexibility index (Phi) is 2.77. The van der Waals surface area contributed by atoms with Crippen LogP contribution in [-0.2, 0) is 6.54 Å². The van der Waals surface area contributed by atoms with E-state index in [2.05, 4.69) is 5.32 Å². The van der Waals surface area contributed by atoms with E-state index in [4.69, 9.17) is 5.11 Å². The van der Waals surface area contributed by atoms with Crippen molar-refractivity contribution in [1.82, 2.24) is 5.32 Å². The van der Waals surface area contributed by atoms with E-state index >= 15 is 0 Å². The maximum Gasteiger partial charge on any atom is 0.406 e. The number of alkyl halides is 3. The fourth-order valence-electron chi connectivity index (χ4n) is 1.69. The van der Waals surface area contributed by atoms with Gasteiger partial charge in [-0.25, -0.2) is 4.39 Å². The minimum absolute atomic E-state index is 0.0395. The first-order chi connectivity index (χ1) is 7.82. The molecule has 0 radical (unpaired) electrons. The van der Waals surface area contributed by atoms with Gasteiger partial charge in [0.2, 0.25) is 0 Å². The van der Waals surface area contributed by atoms with Crippen molar-refractivity contribution in [3.05, 3.63) is 29.6 Å². The lowest BCUT2D eigenvalue weighted by atomic mass is 10.1. The van der Waals surface area contributed by atoms with Crippen LogP contribution in [0.15, 0.2) is 18.2 Å². The molecule has 2 rings (SSSR count). The summed E-state index contributed by atoms with van der Waals surface area (Å²) in [6, 6.07) is 3.24. The Balaban J connectivity index is 2.03. The number of phenolic OH excluding ortho intramolecular Hbond substituents is 1. The summed E-state index contributed by atoms with van der Waals surface area (Å²) < 4.78 is 50.6. The molecule has 17 heavy (non-hydrogen) atoms. The molecule has 0 spiro atoms. The van der Waals surface area contributed by atoms with Gasteiger partial charge in [0.05, 0.1) is 0 Å². The van der Waals surface area contributed by atoms with Crippen LogP contribution in [0.25, 0.3) is 0 Å². The van der Waals surface area contributed by atoms with Gasteiger partial charge in [-0.3, -0.25) is 5.32 Å². The highest BCUT2D eigenvalue weighted by Gasteiger charge is 2.62. The molecule has 0 amide bonds. The van der Waals surface area contributed by atoms with Gasteiger partial charge in [-0.1, -0.05) is 0 Å². The second-order valence-corrected chi connectivity index (χ2v) is 4.25. The molecule has 0 aromatic heterocycles. The Labute approximate surface area is 95.3 Å². The molecule has 0 unspecified atom stereocenters. The third kappa shape index (κ3) is 2.52. The Morgan fingerprint density at radius 2 is 1.88 bits per heavy atom. The first-order valence-electron chi connectivity index (χ1n) is 5.13. The van der Waals surface area contributed by atoms with Gasteiger partial charge >= 0.3 is 6.18 Å². The fourth-order valence-corrected chi connectivity index (χ4v) is 1.69. The molecule has 1 aromatic rings. The van der Waals surface area contributed by atoms with Gasteiger partial charge in [0.25, 0.3) is 0 Å². The van der Waals surface area contributed by atoms with Crippen molar-refractivity contribution in [2.75, 3.05) is 0 Å². The van der Waals surface area contributed by atoms with E-state index in [0.717, 1.165) is 12.1 Å².